The summed E-state index contributed by atoms with van der Waals surface area (Å²) in [5.41, 5.74) is 6.82. The van der Waals surface area contributed by atoms with Gasteiger partial charge in [-0.1, -0.05) is 41.4 Å². The van der Waals surface area contributed by atoms with Crippen molar-refractivity contribution in [2.75, 3.05) is 11.9 Å². The number of halogens is 2. The van der Waals surface area contributed by atoms with E-state index in [1.165, 1.54) is 11.3 Å². The van der Waals surface area contributed by atoms with Gasteiger partial charge in [0.05, 0.1) is 31.7 Å². The van der Waals surface area contributed by atoms with Gasteiger partial charge in [0, 0.05) is 6.54 Å². The fraction of sp³-hybridized carbons (Fsp3) is 0.0952. The third-order valence-corrected chi connectivity index (χ3v) is 6.81. The molecule has 0 bridgehead atoms. The lowest BCUT2D eigenvalue weighted by molar-refractivity contribution is 0.397. The number of nitrogens with zero attached hydrogens (tertiary/aromatic N) is 2. The van der Waals surface area contributed by atoms with E-state index in [-0.39, 0.29) is 38.4 Å². The molecule has 0 radical (unpaired) electrons. The van der Waals surface area contributed by atoms with Crippen molar-refractivity contribution in [2.45, 2.75) is 5.92 Å². The molecule has 0 fully saturated rings. The lowest BCUT2D eigenvalue weighted by Gasteiger charge is -2.26. The average molecular weight is 470 g/mol. The van der Waals surface area contributed by atoms with E-state index in [0.717, 1.165) is 0 Å². The maximum absolute atomic E-state index is 13.2. The molecule has 7 nitrogen and oxygen atoms in total. The number of hydrogen-bond acceptors (Lipinski definition) is 7. The highest BCUT2D eigenvalue weighted by Crippen LogP contribution is 2.48. The summed E-state index contributed by atoms with van der Waals surface area (Å²) in [4.78, 5) is 16.0. The van der Waals surface area contributed by atoms with E-state index in [1.807, 2.05) is 6.07 Å². The van der Waals surface area contributed by atoms with Gasteiger partial charge in [0.2, 0.25) is 5.88 Å². The van der Waals surface area contributed by atoms with Crippen LogP contribution in [-0.2, 0) is 0 Å². The number of pyridine rings is 1. The molecule has 0 aliphatic carbocycles. The maximum Gasteiger partial charge on any atom is 0.256 e. The van der Waals surface area contributed by atoms with Crippen LogP contribution in [0.3, 0.4) is 0 Å². The number of allylic oxidation sites excluding steroid dienone is 1. The topological polar surface area (TPSA) is 128 Å². The number of hydrogen-bond donors (Lipinski definition) is 3. The molecule has 0 saturated heterocycles. The Kier molecular flexibility index (Phi) is 5.38. The Morgan fingerprint density at radius 2 is 2.13 bits per heavy atom. The first-order chi connectivity index (χ1) is 14.9. The first kappa shape index (κ1) is 20.8. The molecule has 1 atom stereocenters. The van der Waals surface area contributed by atoms with E-state index >= 15 is 0 Å². The SMILES string of the molecule is C=CCNc1sc2c3c(c(=O)[nH]c2c1C#N)C(c1cccc(Cl)c1Cl)C(C#N)=C(N)O3. The highest BCUT2D eigenvalue weighted by Gasteiger charge is 2.37. The smallest absolute Gasteiger partial charge is 0.256 e. The Bertz CT molecular complexity index is 1420. The number of H-pyrrole nitrogens is 1. The van der Waals surface area contributed by atoms with Crippen molar-refractivity contribution in [3.05, 3.63) is 79.4 Å². The molecule has 10 heteroatoms. The summed E-state index contributed by atoms with van der Waals surface area (Å²) in [5.74, 6) is -0.842. The minimum atomic E-state index is -0.884. The van der Waals surface area contributed by atoms with Gasteiger partial charge in [0.25, 0.3) is 5.56 Å². The van der Waals surface area contributed by atoms with Gasteiger partial charge in [0.1, 0.15) is 28.3 Å². The number of ether oxygens (including phenoxy) is 1. The van der Waals surface area contributed by atoms with E-state index in [4.69, 9.17) is 33.7 Å². The van der Waals surface area contributed by atoms with Gasteiger partial charge in [-0.05, 0) is 11.6 Å². The fourth-order valence-electron chi connectivity index (χ4n) is 3.50. The molecule has 3 aromatic rings. The van der Waals surface area contributed by atoms with E-state index in [0.29, 0.717) is 27.3 Å². The van der Waals surface area contributed by atoms with Gasteiger partial charge in [0.15, 0.2) is 5.75 Å². The van der Waals surface area contributed by atoms with Crippen LogP contribution in [0.2, 0.25) is 10.0 Å². The predicted octanol–water partition coefficient (Wildman–Crippen LogP) is 4.58. The standard InChI is InChI=1S/C21H13Cl2N5O2S/c1-2-6-27-21-11(8-25)16-18(31-21)17-14(20(29)28-16)13(10(7-24)19(26)30-17)9-4-3-5-12(22)15(9)23/h2-5,13,27H,1,6,26H2,(H,28,29). The number of benzene rings is 1. The van der Waals surface area contributed by atoms with Crippen LogP contribution in [0.1, 0.15) is 22.6 Å². The van der Waals surface area contributed by atoms with Crippen molar-refractivity contribution in [1.29, 1.82) is 10.5 Å². The van der Waals surface area contributed by atoms with Crippen molar-refractivity contribution in [2.24, 2.45) is 5.73 Å². The summed E-state index contributed by atoms with van der Waals surface area (Å²) in [6.07, 6.45) is 1.65. The Balaban J connectivity index is 2.08. The molecule has 4 rings (SSSR count). The molecule has 3 heterocycles. The quantitative estimate of drug-likeness (QED) is 0.479. The zero-order chi connectivity index (χ0) is 22.3. The largest absolute Gasteiger partial charge is 0.438 e. The van der Waals surface area contributed by atoms with E-state index in [9.17, 15) is 15.3 Å². The molecule has 2 aromatic heterocycles. The molecule has 1 unspecified atom stereocenters. The number of nitrogens with one attached hydrogen (secondary N) is 2. The monoisotopic (exact) mass is 469 g/mol. The van der Waals surface area contributed by atoms with Gasteiger partial charge >= 0.3 is 0 Å². The summed E-state index contributed by atoms with van der Waals surface area (Å²) in [7, 11) is 0. The Morgan fingerprint density at radius 3 is 2.81 bits per heavy atom. The Morgan fingerprint density at radius 1 is 1.35 bits per heavy atom. The molecular formula is C21H13Cl2N5O2S. The summed E-state index contributed by atoms with van der Waals surface area (Å²) in [6.45, 7) is 4.08. The molecule has 0 amide bonds. The molecule has 31 heavy (non-hydrogen) atoms. The first-order valence-corrected chi connectivity index (χ1v) is 10.5. The summed E-state index contributed by atoms with van der Waals surface area (Å²) < 4.78 is 6.28. The Labute approximate surface area is 190 Å². The maximum atomic E-state index is 13.2. The molecule has 1 aliphatic heterocycles. The second-order valence-corrected chi connectivity index (χ2v) is 8.36. The van der Waals surface area contributed by atoms with Gasteiger partial charge in [-0.2, -0.15) is 10.5 Å². The number of rotatable bonds is 4. The zero-order valence-electron chi connectivity index (χ0n) is 15.8. The molecule has 1 aromatic carbocycles. The Hall–Kier alpha value is -3.43. The number of aromatic nitrogens is 1. The summed E-state index contributed by atoms with van der Waals surface area (Å²) >= 11 is 13.8. The predicted molar refractivity (Wildman–Crippen MR) is 122 cm³/mol. The van der Waals surface area contributed by atoms with E-state index < -0.39 is 11.5 Å². The first-order valence-electron chi connectivity index (χ1n) is 8.91. The van der Waals surface area contributed by atoms with Gasteiger partial charge in [-0.15, -0.1) is 17.9 Å². The van der Waals surface area contributed by atoms with Crippen molar-refractivity contribution in [1.82, 2.24) is 4.98 Å². The number of thiophene rings is 1. The number of aromatic amines is 1. The van der Waals surface area contributed by atoms with Crippen LogP contribution in [0.15, 0.2) is 47.1 Å². The van der Waals surface area contributed by atoms with Crippen molar-refractivity contribution >= 4 is 49.8 Å². The van der Waals surface area contributed by atoms with Crippen molar-refractivity contribution < 1.29 is 4.74 Å². The molecule has 4 N–H and O–H groups in total. The van der Waals surface area contributed by atoms with Crippen LogP contribution < -0.4 is 21.3 Å². The fourth-order valence-corrected chi connectivity index (χ4v) is 5.03. The number of anilines is 1. The highest BCUT2D eigenvalue weighted by atomic mass is 35.5. The lowest BCUT2D eigenvalue weighted by Crippen LogP contribution is -2.27. The van der Waals surface area contributed by atoms with Crippen LogP contribution in [0.5, 0.6) is 5.75 Å². The van der Waals surface area contributed by atoms with Crippen LogP contribution in [0.4, 0.5) is 5.00 Å². The number of nitriles is 2. The number of fused-ring (bicyclic) bond motifs is 3. The molecule has 1 aliphatic rings. The average Bonchev–Trinajstić information content (AvgIpc) is 3.10. The summed E-state index contributed by atoms with van der Waals surface area (Å²) in [6, 6.07) is 9.09. The molecule has 154 valence electrons. The van der Waals surface area contributed by atoms with Crippen LogP contribution in [-0.4, -0.2) is 11.5 Å². The second-order valence-electron chi connectivity index (χ2n) is 6.56. The van der Waals surface area contributed by atoms with Crippen molar-refractivity contribution in [3.63, 3.8) is 0 Å². The second kappa shape index (κ2) is 8.01. The zero-order valence-corrected chi connectivity index (χ0v) is 18.1. The van der Waals surface area contributed by atoms with Crippen LogP contribution in [0.25, 0.3) is 10.2 Å². The highest BCUT2D eigenvalue weighted by molar-refractivity contribution is 7.23. The van der Waals surface area contributed by atoms with E-state index in [2.05, 4.69) is 22.9 Å². The summed E-state index contributed by atoms with van der Waals surface area (Å²) in [5, 5.41) is 23.5. The van der Waals surface area contributed by atoms with Gasteiger partial charge < -0.3 is 20.8 Å². The minimum Gasteiger partial charge on any atom is -0.438 e. The normalized spacial score (nSPS) is 15.0. The molecule has 0 saturated carbocycles. The molecule has 0 spiro atoms. The van der Waals surface area contributed by atoms with Crippen LogP contribution >= 0.6 is 34.5 Å². The minimum absolute atomic E-state index is 0.0450. The van der Waals surface area contributed by atoms with Gasteiger partial charge in [-0.25, -0.2) is 0 Å². The van der Waals surface area contributed by atoms with E-state index in [1.54, 1.807) is 24.3 Å². The van der Waals surface area contributed by atoms with Gasteiger partial charge in [-0.3, -0.25) is 4.79 Å². The van der Waals surface area contributed by atoms with Crippen molar-refractivity contribution in [3.8, 4) is 17.9 Å². The molecular weight excluding hydrogens is 457 g/mol. The third kappa shape index (κ3) is 3.22. The lowest BCUT2D eigenvalue weighted by atomic mass is 9.84. The third-order valence-electron chi connectivity index (χ3n) is 4.83. The number of nitrogens with two attached hydrogens (primary N) is 1. The van der Waals surface area contributed by atoms with Crippen LogP contribution in [0, 0.1) is 22.7 Å².